The van der Waals surface area contributed by atoms with Crippen LogP contribution in [-0.2, 0) is 16.1 Å². The summed E-state index contributed by atoms with van der Waals surface area (Å²) in [6.45, 7) is 12.2. The lowest BCUT2D eigenvalue weighted by Gasteiger charge is -2.34. The molecule has 9 heteroatoms. The van der Waals surface area contributed by atoms with Gasteiger partial charge in [0.1, 0.15) is 5.69 Å². The number of benzene rings is 1. The molecule has 0 aliphatic carbocycles. The van der Waals surface area contributed by atoms with Crippen LogP contribution >= 0.6 is 0 Å². The minimum Gasteiger partial charge on any atom is -0.379 e. The van der Waals surface area contributed by atoms with Crippen LogP contribution in [0.15, 0.2) is 39.9 Å². The third-order valence-electron chi connectivity index (χ3n) is 7.12. The lowest BCUT2D eigenvalue weighted by Crippen LogP contribution is -2.48. The van der Waals surface area contributed by atoms with Crippen LogP contribution in [0.3, 0.4) is 0 Å². The molecule has 1 N–H and O–H groups in total. The van der Waals surface area contributed by atoms with Crippen molar-refractivity contribution >= 4 is 11.6 Å². The number of carbonyl (C=O) groups is 1. The Hall–Kier alpha value is -2.91. The number of ether oxygens (including phenoxy) is 1. The van der Waals surface area contributed by atoms with Crippen molar-refractivity contribution < 1.29 is 9.53 Å². The van der Waals surface area contributed by atoms with E-state index in [1.807, 2.05) is 51.1 Å². The molecule has 1 amide bonds. The van der Waals surface area contributed by atoms with Crippen molar-refractivity contribution in [1.29, 1.82) is 0 Å². The number of hydrogen-bond acceptors (Lipinski definition) is 6. The Morgan fingerprint density at radius 1 is 1.06 bits per heavy atom. The quantitative estimate of drug-likeness (QED) is 0.597. The van der Waals surface area contributed by atoms with Gasteiger partial charge in [0.2, 0.25) is 5.91 Å². The van der Waals surface area contributed by atoms with Gasteiger partial charge in [-0.05, 0) is 37.8 Å². The minimum atomic E-state index is -0.310. The number of carbonyl (C=O) groups excluding carboxylic acids is 1. The third kappa shape index (κ3) is 5.90. The van der Waals surface area contributed by atoms with Gasteiger partial charge in [-0.3, -0.25) is 23.6 Å². The first-order valence-corrected chi connectivity index (χ1v) is 13.1. The molecule has 0 bridgehead atoms. The van der Waals surface area contributed by atoms with Crippen LogP contribution in [-0.4, -0.2) is 72.4 Å². The van der Waals surface area contributed by atoms with Crippen LogP contribution in [0.4, 0.5) is 5.69 Å². The number of aromatic nitrogens is 2. The summed E-state index contributed by atoms with van der Waals surface area (Å²) in [7, 11) is 0. The number of morpholine rings is 1. The maximum Gasteiger partial charge on any atom is 0.335 e. The van der Waals surface area contributed by atoms with Crippen molar-refractivity contribution in [3.63, 3.8) is 0 Å². The van der Waals surface area contributed by atoms with Gasteiger partial charge in [0.05, 0.1) is 24.6 Å². The molecule has 4 rings (SSSR count). The van der Waals surface area contributed by atoms with Crippen molar-refractivity contribution in [2.24, 2.45) is 11.8 Å². The molecule has 9 nitrogen and oxygen atoms in total. The second-order valence-electron chi connectivity index (χ2n) is 10.2. The molecule has 2 aliphatic heterocycles. The Kier molecular flexibility index (Phi) is 8.64. The van der Waals surface area contributed by atoms with E-state index in [-0.39, 0.29) is 29.0 Å². The largest absolute Gasteiger partial charge is 0.379 e. The third-order valence-corrected chi connectivity index (χ3v) is 7.12. The maximum absolute atomic E-state index is 13.6. The lowest BCUT2D eigenvalue weighted by atomic mass is 9.95. The summed E-state index contributed by atoms with van der Waals surface area (Å²) in [5.74, 6) is 0.178. The molecule has 3 heterocycles. The normalized spacial score (nSPS) is 17.5. The molecule has 36 heavy (non-hydrogen) atoms. The number of piperidine rings is 1. The molecule has 1 aromatic heterocycles. The summed E-state index contributed by atoms with van der Waals surface area (Å²) < 4.78 is 8.38. The van der Waals surface area contributed by atoms with Gasteiger partial charge < -0.3 is 15.0 Å². The van der Waals surface area contributed by atoms with Crippen LogP contribution in [0.1, 0.15) is 32.4 Å². The van der Waals surface area contributed by atoms with Gasteiger partial charge in [0.25, 0.3) is 5.56 Å². The highest BCUT2D eigenvalue weighted by molar-refractivity contribution is 5.79. The van der Waals surface area contributed by atoms with Gasteiger partial charge in [0, 0.05) is 51.7 Å². The first-order chi connectivity index (χ1) is 17.4. The molecule has 1 aromatic carbocycles. The molecule has 0 saturated carbocycles. The molecule has 2 fully saturated rings. The fourth-order valence-corrected chi connectivity index (χ4v) is 5.18. The zero-order valence-electron chi connectivity index (χ0n) is 21.7. The van der Waals surface area contributed by atoms with Crippen molar-refractivity contribution in [2.75, 3.05) is 57.4 Å². The molecule has 2 aromatic rings. The number of amides is 1. The number of nitrogens with one attached hydrogen (secondary N) is 1. The van der Waals surface area contributed by atoms with Crippen LogP contribution in [0.2, 0.25) is 0 Å². The van der Waals surface area contributed by atoms with Crippen molar-refractivity contribution in [3.05, 3.63) is 56.9 Å². The second-order valence-corrected chi connectivity index (χ2v) is 10.2. The Balaban J connectivity index is 1.49. The summed E-state index contributed by atoms with van der Waals surface area (Å²) in [5, 5.41) is 3.09. The fraction of sp³-hybridized carbons (Fsp3) is 0.593. The first kappa shape index (κ1) is 26.2. The van der Waals surface area contributed by atoms with Crippen LogP contribution in [0.5, 0.6) is 0 Å². The Labute approximate surface area is 212 Å². The fourth-order valence-electron chi connectivity index (χ4n) is 5.18. The smallest absolute Gasteiger partial charge is 0.335 e. The van der Waals surface area contributed by atoms with Crippen LogP contribution < -0.4 is 21.5 Å². The molecule has 2 saturated heterocycles. The highest BCUT2D eigenvalue weighted by Crippen LogP contribution is 2.24. The number of rotatable bonds is 8. The van der Waals surface area contributed by atoms with E-state index in [2.05, 4.69) is 15.1 Å². The Morgan fingerprint density at radius 3 is 2.36 bits per heavy atom. The minimum absolute atomic E-state index is 0.0656. The molecule has 0 radical (unpaired) electrons. The van der Waals surface area contributed by atoms with E-state index in [0.717, 1.165) is 38.5 Å². The number of para-hydroxylation sites is 1. The SMILES string of the molecule is Cc1c(N2CCC(C(=O)NCCN3CCOCC3)CC2)c(=O)n(CC(C)C)c(=O)n1-c1ccccc1. The monoisotopic (exact) mass is 497 g/mol. The van der Waals surface area contributed by atoms with E-state index in [9.17, 15) is 14.4 Å². The second kappa shape index (κ2) is 11.9. The number of hydrogen-bond donors (Lipinski definition) is 1. The molecule has 0 spiro atoms. The van der Waals surface area contributed by atoms with Gasteiger partial charge in [-0.1, -0.05) is 32.0 Å². The van der Waals surface area contributed by atoms with Crippen molar-refractivity contribution in [1.82, 2.24) is 19.4 Å². The van der Waals surface area contributed by atoms with Gasteiger partial charge >= 0.3 is 5.69 Å². The van der Waals surface area contributed by atoms with Gasteiger partial charge in [-0.2, -0.15) is 0 Å². The highest BCUT2D eigenvalue weighted by atomic mass is 16.5. The Bertz CT molecular complexity index is 1140. The lowest BCUT2D eigenvalue weighted by molar-refractivity contribution is -0.125. The van der Waals surface area contributed by atoms with Crippen LogP contribution in [0, 0.1) is 18.8 Å². The molecule has 0 atom stereocenters. The molecular formula is C27H39N5O4. The number of anilines is 1. The standard InChI is InChI=1S/C27H39N5O4/c1-20(2)19-31-26(34)24(21(3)32(27(31)35)23-7-5-4-6-8-23)30-12-9-22(10-13-30)25(33)28-11-14-29-15-17-36-18-16-29/h4-8,20,22H,9-19H2,1-3H3,(H,28,33). The summed E-state index contributed by atoms with van der Waals surface area (Å²) in [4.78, 5) is 44.1. The highest BCUT2D eigenvalue weighted by Gasteiger charge is 2.29. The molecular weight excluding hydrogens is 458 g/mol. The Morgan fingerprint density at radius 2 is 1.72 bits per heavy atom. The van der Waals surface area contributed by atoms with E-state index in [0.29, 0.717) is 50.4 Å². The van der Waals surface area contributed by atoms with Gasteiger partial charge in [0.15, 0.2) is 0 Å². The summed E-state index contributed by atoms with van der Waals surface area (Å²) in [6, 6.07) is 9.46. The average Bonchev–Trinajstić information content (AvgIpc) is 2.88. The maximum atomic E-state index is 13.6. The predicted molar refractivity (Wildman–Crippen MR) is 141 cm³/mol. The van der Waals surface area contributed by atoms with Gasteiger partial charge in [-0.25, -0.2) is 4.79 Å². The summed E-state index contributed by atoms with van der Waals surface area (Å²) >= 11 is 0. The van der Waals surface area contributed by atoms with Gasteiger partial charge in [-0.15, -0.1) is 0 Å². The number of nitrogens with zero attached hydrogens (tertiary/aromatic N) is 4. The van der Waals surface area contributed by atoms with E-state index in [4.69, 9.17) is 4.74 Å². The van der Waals surface area contributed by atoms with E-state index >= 15 is 0 Å². The van der Waals surface area contributed by atoms with E-state index < -0.39 is 0 Å². The molecule has 0 unspecified atom stereocenters. The molecule has 196 valence electrons. The predicted octanol–water partition coefficient (Wildman–Crippen LogP) is 1.63. The van der Waals surface area contributed by atoms with E-state index in [1.54, 1.807) is 4.57 Å². The van der Waals surface area contributed by atoms with Crippen molar-refractivity contribution in [3.8, 4) is 5.69 Å². The van der Waals surface area contributed by atoms with E-state index in [1.165, 1.54) is 4.57 Å². The zero-order valence-corrected chi connectivity index (χ0v) is 21.7. The topological polar surface area (TPSA) is 88.8 Å². The first-order valence-electron chi connectivity index (χ1n) is 13.1. The van der Waals surface area contributed by atoms with Crippen LogP contribution in [0.25, 0.3) is 5.69 Å². The average molecular weight is 498 g/mol. The zero-order chi connectivity index (χ0) is 25.7. The summed E-state index contributed by atoms with van der Waals surface area (Å²) in [6.07, 6.45) is 1.35. The molecule has 2 aliphatic rings. The summed E-state index contributed by atoms with van der Waals surface area (Å²) in [5.41, 5.74) is 1.39. The van der Waals surface area contributed by atoms with Crippen molar-refractivity contribution in [2.45, 2.75) is 40.2 Å².